The zero-order valence-corrected chi connectivity index (χ0v) is 7.73. The molecule has 3 nitrogen and oxygen atoms in total. The zero-order valence-electron chi connectivity index (χ0n) is 7.73. The van der Waals surface area contributed by atoms with Crippen LogP contribution in [-0.2, 0) is 0 Å². The standard InChI is InChI=1S/C9H9F2NO2/c1-12-9(13)5-3-6(10)7(11)4-8(5)14-2/h3-4H,1-2H3,(H,12,13). The van der Waals surface area contributed by atoms with Gasteiger partial charge in [0.25, 0.3) is 5.91 Å². The zero-order chi connectivity index (χ0) is 10.7. The molecule has 0 fully saturated rings. The van der Waals surface area contributed by atoms with Crippen LogP contribution < -0.4 is 10.1 Å². The molecule has 0 unspecified atom stereocenters. The number of benzene rings is 1. The highest BCUT2D eigenvalue weighted by Gasteiger charge is 2.15. The Labute approximate surface area is 79.7 Å². The smallest absolute Gasteiger partial charge is 0.254 e. The van der Waals surface area contributed by atoms with Gasteiger partial charge in [0, 0.05) is 13.1 Å². The molecule has 0 aliphatic carbocycles. The Morgan fingerprint density at radius 3 is 2.43 bits per heavy atom. The van der Waals surface area contributed by atoms with E-state index in [0.717, 1.165) is 12.1 Å². The van der Waals surface area contributed by atoms with E-state index in [4.69, 9.17) is 4.74 Å². The van der Waals surface area contributed by atoms with E-state index in [0.29, 0.717) is 0 Å². The Morgan fingerprint density at radius 1 is 1.36 bits per heavy atom. The third-order valence-corrected chi connectivity index (χ3v) is 1.71. The first-order valence-corrected chi connectivity index (χ1v) is 3.85. The van der Waals surface area contributed by atoms with E-state index in [2.05, 4.69) is 5.32 Å². The van der Waals surface area contributed by atoms with Gasteiger partial charge in [0.15, 0.2) is 11.6 Å². The summed E-state index contributed by atoms with van der Waals surface area (Å²) in [4.78, 5) is 11.2. The van der Waals surface area contributed by atoms with Gasteiger partial charge >= 0.3 is 0 Å². The van der Waals surface area contributed by atoms with Crippen LogP contribution >= 0.6 is 0 Å². The average Bonchev–Trinajstić information content (AvgIpc) is 2.20. The summed E-state index contributed by atoms with van der Waals surface area (Å²) < 4.78 is 30.2. The highest BCUT2D eigenvalue weighted by molar-refractivity contribution is 5.96. The first-order chi connectivity index (χ1) is 6.60. The number of carbonyl (C=O) groups is 1. The third kappa shape index (κ3) is 1.81. The van der Waals surface area contributed by atoms with Gasteiger partial charge in [-0.15, -0.1) is 0 Å². The van der Waals surface area contributed by atoms with Gasteiger partial charge in [-0.1, -0.05) is 0 Å². The van der Waals surface area contributed by atoms with Gasteiger partial charge in [-0.3, -0.25) is 4.79 Å². The van der Waals surface area contributed by atoms with Crippen molar-refractivity contribution in [3.05, 3.63) is 29.3 Å². The lowest BCUT2D eigenvalue weighted by Gasteiger charge is -2.07. The molecule has 5 heteroatoms. The van der Waals surface area contributed by atoms with Crippen LogP contribution in [-0.4, -0.2) is 20.1 Å². The van der Waals surface area contributed by atoms with Crippen LogP contribution in [0, 0.1) is 11.6 Å². The lowest BCUT2D eigenvalue weighted by atomic mass is 10.1. The van der Waals surface area contributed by atoms with Crippen molar-refractivity contribution >= 4 is 5.91 Å². The van der Waals surface area contributed by atoms with Crippen molar-refractivity contribution in [3.63, 3.8) is 0 Å². The highest BCUT2D eigenvalue weighted by atomic mass is 19.2. The molecule has 0 spiro atoms. The summed E-state index contributed by atoms with van der Waals surface area (Å²) in [5.74, 6) is -2.65. The molecule has 0 aliphatic rings. The molecule has 0 heterocycles. The van der Waals surface area contributed by atoms with Crippen LogP contribution in [0.3, 0.4) is 0 Å². The van der Waals surface area contributed by atoms with Crippen LogP contribution in [0.25, 0.3) is 0 Å². The Morgan fingerprint density at radius 2 is 1.93 bits per heavy atom. The Kier molecular flexibility index (Phi) is 3.01. The van der Waals surface area contributed by atoms with Gasteiger partial charge in [-0.05, 0) is 6.07 Å². The average molecular weight is 201 g/mol. The van der Waals surface area contributed by atoms with Crippen molar-refractivity contribution in [1.82, 2.24) is 5.32 Å². The van der Waals surface area contributed by atoms with Crippen LogP contribution in [0.2, 0.25) is 0 Å². The van der Waals surface area contributed by atoms with E-state index in [1.54, 1.807) is 0 Å². The fraction of sp³-hybridized carbons (Fsp3) is 0.222. The molecule has 0 atom stereocenters. The summed E-state index contributed by atoms with van der Waals surface area (Å²) in [6.45, 7) is 0. The Balaban J connectivity index is 3.27. The Bertz CT molecular complexity index is 366. The lowest BCUT2D eigenvalue weighted by Crippen LogP contribution is -2.19. The van der Waals surface area contributed by atoms with Crippen LogP contribution in [0.4, 0.5) is 8.78 Å². The summed E-state index contributed by atoms with van der Waals surface area (Å²) in [5, 5.41) is 2.29. The SMILES string of the molecule is CNC(=O)c1cc(F)c(F)cc1OC. The number of amides is 1. The number of hydrogen-bond donors (Lipinski definition) is 1. The van der Waals surface area contributed by atoms with Gasteiger partial charge in [-0.25, -0.2) is 8.78 Å². The molecular weight excluding hydrogens is 192 g/mol. The minimum Gasteiger partial charge on any atom is -0.496 e. The minimum absolute atomic E-state index is 0.00301. The second kappa shape index (κ2) is 4.04. The first kappa shape index (κ1) is 10.4. The number of hydrogen-bond acceptors (Lipinski definition) is 2. The molecule has 0 aliphatic heterocycles. The van der Waals surface area contributed by atoms with Crippen molar-refractivity contribution in [2.24, 2.45) is 0 Å². The number of nitrogens with one attached hydrogen (secondary N) is 1. The summed E-state index contributed by atoms with van der Waals surface area (Å²) in [6, 6.07) is 1.63. The molecular formula is C9H9F2NO2. The van der Waals surface area contributed by atoms with E-state index in [1.165, 1.54) is 14.2 Å². The predicted molar refractivity (Wildman–Crippen MR) is 46.3 cm³/mol. The molecule has 14 heavy (non-hydrogen) atoms. The quantitative estimate of drug-likeness (QED) is 0.783. The predicted octanol–water partition coefficient (Wildman–Crippen LogP) is 1.33. The summed E-state index contributed by atoms with van der Waals surface area (Å²) >= 11 is 0. The van der Waals surface area contributed by atoms with Crippen molar-refractivity contribution in [2.75, 3.05) is 14.2 Å². The van der Waals surface area contributed by atoms with E-state index in [9.17, 15) is 13.6 Å². The number of ether oxygens (including phenoxy) is 1. The number of carbonyl (C=O) groups excluding carboxylic acids is 1. The van der Waals surface area contributed by atoms with Crippen molar-refractivity contribution in [1.29, 1.82) is 0 Å². The highest BCUT2D eigenvalue weighted by Crippen LogP contribution is 2.21. The summed E-state index contributed by atoms with van der Waals surface area (Å²) in [6.07, 6.45) is 0. The topological polar surface area (TPSA) is 38.3 Å². The molecule has 0 bridgehead atoms. The van der Waals surface area contributed by atoms with Gasteiger partial charge < -0.3 is 10.1 Å². The third-order valence-electron chi connectivity index (χ3n) is 1.71. The van der Waals surface area contributed by atoms with Crippen molar-refractivity contribution in [2.45, 2.75) is 0 Å². The first-order valence-electron chi connectivity index (χ1n) is 3.85. The molecule has 0 aromatic heterocycles. The molecule has 0 saturated heterocycles. The van der Waals surface area contributed by atoms with E-state index in [-0.39, 0.29) is 11.3 Å². The van der Waals surface area contributed by atoms with Crippen LogP contribution in [0.1, 0.15) is 10.4 Å². The largest absolute Gasteiger partial charge is 0.496 e. The maximum absolute atomic E-state index is 12.8. The maximum Gasteiger partial charge on any atom is 0.254 e. The normalized spacial score (nSPS) is 9.71. The van der Waals surface area contributed by atoms with E-state index >= 15 is 0 Å². The molecule has 1 N–H and O–H groups in total. The monoisotopic (exact) mass is 201 g/mol. The molecule has 0 saturated carbocycles. The number of halogens is 2. The second-order valence-corrected chi connectivity index (χ2v) is 2.55. The number of methoxy groups -OCH3 is 1. The van der Waals surface area contributed by atoms with Crippen molar-refractivity contribution < 1.29 is 18.3 Å². The van der Waals surface area contributed by atoms with Gasteiger partial charge in [0.1, 0.15) is 5.75 Å². The van der Waals surface area contributed by atoms with E-state index in [1.807, 2.05) is 0 Å². The fourth-order valence-electron chi connectivity index (χ4n) is 1.01. The fourth-order valence-corrected chi connectivity index (χ4v) is 1.01. The molecule has 1 aromatic rings. The maximum atomic E-state index is 12.8. The molecule has 76 valence electrons. The van der Waals surface area contributed by atoms with Crippen LogP contribution in [0.5, 0.6) is 5.75 Å². The van der Waals surface area contributed by atoms with Crippen molar-refractivity contribution in [3.8, 4) is 5.75 Å². The van der Waals surface area contributed by atoms with Gasteiger partial charge in [0.2, 0.25) is 0 Å². The second-order valence-electron chi connectivity index (χ2n) is 2.55. The summed E-state index contributed by atoms with van der Waals surface area (Å²) in [7, 11) is 2.67. The van der Waals surface area contributed by atoms with Gasteiger partial charge in [0.05, 0.1) is 12.7 Å². The lowest BCUT2D eigenvalue weighted by molar-refractivity contribution is 0.0959. The molecule has 1 rings (SSSR count). The minimum atomic E-state index is -1.08. The van der Waals surface area contributed by atoms with E-state index < -0.39 is 17.5 Å². The van der Waals surface area contributed by atoms with Crippen LogP contribution in [0.15, 0.2) is 12.1 Å². The number of rotatable bonds is 2. The molecule has 0 radical (unpaired) electrons. The van der Waals surface area contributed by atoms with Gasteiger partial charge in [-0.2, -0.15) is 0 Å². The molecule has 1 amide bonds. The Hall–Kier alpha value is -1.65. The molecule has 1 aromatic carbocycles. The summed E-state index contributed by atoms with van der Waals surface area (Å²) in [5.41, 5.74) is -0.0334.